The number of fused-ring (bicyclic) bond motifs is 14. The Bertz CT molecular complexity index is 6980. The van der Waals surface area contributed by atoms with Gasteiger partial charge in [0.15, 0.2) is 105 Å². The molecule has 0 aromatic carbocycles. The summed E-state index contributed by atoms with van der Waals surface area (Å²) in [6.07, 6.45) is -14.9. The molecule has 30 atom stereocenters. The van der Waals surface area contributed by atoms with Crippen molar-refractivity contribution in [3.63, 3.8) is 0 Å². The zero-order chi connectivity index (χ0) is 95.8. The molecule has 12 aromatic heterocycles. The van der Waals surface area contributed by atoms with Crippen molar-refractivity contribution in [2.45, 2.75) is 143 Å². The minimum atomic E-state index is -4.36. The Balaban J connectivity index is 0.000000126. The van der Waals surface area contributed by atoms with Crippen LogP contribution in [0.1, 0.15) is 35.7 Å². The van der Waals surface area contributed by atoms with Gasteiger partial charge >= 0.3 is 40.4 Å². The van der Waals surface area contributed by atoms with Crippen LogP contribution in [0.15, 0.2) is 71.3 Å². The van der Waals surface area contributed by atoms with Crippen LogP contribution in [0.2, 0.25) is 0 Å². The highest BCUT2D eigenvalue weighted by molar-refractivity contribution is 8.44. The van der Waals surface area contributed by atoms with Gasteiger partial charge in [-0.15, -0.1) is 23.5 Å². The molecule has 0 aliphatic carbocycles. The van der Waals surface area contributed by atoms with Crippen molar-refractivity contribution in [1.29, 1.82) is 0 Å². The van der Waals surface area contributed by atoms with Crippen LogP contribution < -0.4 is 51.1 Å². The van der Waals surface area contributed by atoms with Crippen molar-refractivity contribution >= 4 is 237 Å². The second-order valence-electron chi connectivity index (χ2n) is 31.0. The summed E-state index contributed by atoms with van der Waals surface area (Å²) in [7, 11) is 0. The van der Waals surface area contributed by atoms with Gasteiger partial charge in [-0.3, -0.25) is 88.4 Å². The van der Waals surface area contributed by atoms with E-state index in [0.717, 1.165) is 23.5 Å². The van der Waals surface area contributed by atoms with Gasteiger partial charge in [0.2, 0.25) is 17.8 Å². The van der Waals surface area contributed by atoms with Crippen molar-refractivity contribution in [3.05, 3.63) is 88.0 Å². The van der Waals surface area contributed by atoms with Gasteiger partial charge in [-0.25, -0.2) is 73.2 Å². The Labute approximate surface area is 792 Å². The van der Waals surface area contributed by atoms with Gasteiger partial charge in [-0.1, -0.05) is 12.2 Å². The fourth-order valence-electron chi connectivity index (χ4n) is 16.5. The summed E-state index contributed by atoms with van der Waals surface area (Å²) in [6, 6.07) is 0. The number of rotatable bonds is 6. The van der Waals surface area contributed by atoms with Crippen LogP contribution in [0.3, 0.4) is 0 Å². The quantitative estimate of drug-likeness (QED) is 0.0651. The Morgan fingerprint density at radius 2 is 0.750 bits per heavy atom. The van der Waals surface area contributed by atoms with Gasteiger partial charge in [-0.2, -0.15) is 15.0 Å². The van der Waals surface area contributed by atoms with E-state index in [0.29, 0.717) is 11.2 Å². The normalized spacial score (nSPS) is 38.4. The average molecular weight is 2170 g/mol. The highest BCUT2D eigenvalue weighted by atomic mass is 32.7. The molecule has 23 N–H and O–H groups in total. The summed E-state index contributed by atoms with van der Waals surface area (Å²) >= 11 is 32.6. The number of hydrogen-bond donors (Lipinski definition) is 18. The molecular weight excluding hydrogens is 2100 g/mol. The third-order valence-electron chi connectivity index (χ3n) is 22.6. The fraction of sp³-hybridized carbons (Fsp3) is 0.508. The minimum Gasteiger partial charge on any atom is -0.389 e. The largest absolute Gasteiger partial charge is 0.389 e. The predicted molar refractivity (Wildman–Crippen MR) is 484 cm³/mol. The van der Waals surface area contributed by atoms with Gasteiger partial charge in [0.25, 0.3) is 16.7 Å². The van der Waals surface area contributed by atoms with Crippen LogP contribution >= 0.6 is 76.2 Å². The molecule has 59 nitrogen and oxygen atoms in total. The molecule has 10 aliphatic rings. The van der Waals surface area contributed by atoms with Crippen LogP contribution in [-0.4, -0.2) is 311 Å². The van der Waals surface area contributed by atoms with E-state index < -0.39 is 240 Å². The smallest absolute Gasteiger partial charge is 0.386 e. The topological polar surface area (TPSA) is 813 Å². The molecule has 22 rings (SSSR count). The Hall–Kier alpha value is -7.11. The summed E-state index contributed by atoms with van der Waals surface area (Å²) in [5, 5.41) is 30.2. The predicted octanol–water partition coefficient (Wildman–Crippen LogP) is -1.71. The van der Waals surface area contributed by atoms with E-state index in [1.807, 2.05) is 0 Å². The number of imidazole rings is 6. The van der Waals surface area contributed by atoms with E-state index >= 15 is 8.78 Å². The number of hydrogen-bond acceptors (Lipinski definition) is 52. The third-order valence-corrected chi connectivity index (χ3v) is 35.1. The molecule has 22 heterocycles. The number of anilines is 6. The number of H-pyrrole nitrogens is 3. The highest BCUT2D eigenvalue weighted by Crippen LogP contribution is 2.64. The van der Waals surface area contributed by atoms with E-state index in [2.05, 4.69) is 102 Å². The first-order chi connectivity index (χ1) is 64.5. The molecule has 10 aliphatic heterocycles. The number of alkyl halides is 2. The second kappa shape index (κ2) is 36.4. The molecule has 10 saturated heterocycles. The van der Waals surface area contributed by atoms with E-state index in [1.165, 1.54) is 79.8 Å². The SMILES string of the molecule is Nc1nc2c(ncn2[C@@H]2O[C@@H]3COP(O)(=S)O[C@@H]4C5OC[C@]4(COP(=O)(S)OC2[C@H]3O)O[C@H]5n2cnc3c(N)ncnc32)c(=O)[nH]1.Nc1nc2c(ncn2[C@@H]2S[C@@H]3COP(O)(=S)O[C@H]4[C@H](F)[C@H](n5cnc6c(N)ncnc65)O[C@@H]4COP(O)(=S)O[C@@H]2[C@@H]3O)c(=O)[nH]1.Nc1nc2c(ncn2[C@@H]2S[C@@H]3COP(O)(=S)O[C@H]4[C@H](F)[C@H](n5cnc6c(N)ncnc65)O[C@@H]4COP(O)(=S)O[C@@H]2[C@@H]3O)c(=O)[nH]1. The number of halogens is 2. The van der Waals surface area contributed by atoms with E-state index in [1.54, 1.807) is 4.57 Å². The zero-order valence-corrected chi connectivity index (χ0v) is 79.7. The Morgan fingerprint density at radius 3 is 1.17 bits per heavy atom. The molecule has 0 radical (unpaired) electrons. The maximum atomic E-state index is 16.0. The molecule has 0 saturated carbocycles. The molecule has 0 amide bonds. The van der Waals surface area contributed by atoms with Crippen molar-refractivity contribution < 1.29 is 131 Å². The van der Waals surface area contributed by atoms with Crippen molar-refractivity contribution in [1.82, 2.24) is 117 Å². The first kappa shape index (κ1) is 96.4. The number of aliphatic hydroxyl groups is 3. The van der Waals surface area contributed by atoms with Crippen LogP contribution in [0.25, 0.3) is 67.0 Å². The van der Waals surface area contributed by atoms with Gasteiger partial charge in [0.1, 0.15) is 119 Å². The lowest BCUT2D eigenvalue weighted by Gasteiger charge is -2.33. The van der Waals surface area contributed by atoms with E-state index in [4.69, 9.17) is 171 Å². The summed E-state index contributed by atoms with van der Waals surface area (Å²) in [5.41, 5.74) is 32.9. The van der Waals surface area contributed by atoms with Crippen LogP contribution in [-0.2, 0) is 142 Å². The highest BCUT2D eigenvalue weighted by Gasteiger charge is 2.66. The first-order valence-corrected chi connectivity index (χ1v) is 56.8. The number of aromatic amines is 3. The van der Waals surface area contributed by atoms with Crippen molar-refractivity contribution in [2.75, 3.05) is 80.7 Å². The summed E-state index contributed by atoms with van der Waals surface area (Å²) in [4.78, 5) is 161. The summed E-state index contributed by atoms with van der Waals surface area (Å²) in [5.74, 6) is -0.294. The molecule has 136 heavy (non-hydrogen) atoms. The third kappa shape index (κ3) is 18.1. The zero-order valence-electron chi connectivity index (χ0n) is 67.7. The van der Waals surface area contributed by atoms with Gasteiger partial charge < -0.3 is 120 Å². The number of aliphatic hydroxyl groups excluding tert-OH is 3. The summed E-state index contributed by atoms with van der Waals surface area (Å²) in [6.45, 7) is -28.3. The standard InChI is InChI=1S/C21H24N10O11P2S2.2C20H23FN10O9P2S3/c22-14-8-15(25-4-24-14)30(5-26-8)19-12-13-21(40-19,2-36-12)3-38-44(35,46)41-11-10(32)7(1-37-43(34,45)42-13)39-18(11)31-6-27-9-16(31)28-20(23)29-17(9)33;2*21-8-12-6(38-18(8)30-4-26-9-14(22)24-3-25-15(9)30)1-36-41(34,43)40-13-11(32)7(2-37-42(35,44)39-12)45-19(13)31-5-27-10-16(31)28-20(23)29-17(10)33/h4-7,10-13,18-19,32H,1-3H2,(H,34,45)(H,35,46)(H2,22,24,25)(H3,23,28,29,33);2*3-8,11-13,18-19,32H,1-2H2,(H,34,43)(H,35,44)(H2,22,24,25)(H3,23,28,29,33)/t7-,10+,11?,12?,13-,18-,19-,21-,43?,44?;2*6-,7-,8+,11-,12-,13-,18-,19-,41?,42?/m111/s1. The number of thiol groups is 1. The number of nitrogens with two attached hydrogens (primary N) is 6. The Kier molecular flexibility index (Phi) is 25.8. The number of nitrogens with one attached hydrogen (secondary N) is 3. The number of ether oxygens (including phenoxy) is 5. The monoisotopic (exact) mass is 2170 g/mol. The van der Waals surface area contributed by atoms with Gasteiger partial charge in [0.05, 0.1) is 107 Å². The average Bonchev–Trinajstić information content (AvgIpc) is 1.55. The summed E-state index contributed by atoms with van der Waals surface area (Å²) < 4.78 is 153. The Morgan fingerprint density at radius 1 is 0.404 bits per heavy atom. The van der Waals surface area contributed by atoms with Crippen molar-refractivity contribution in [3.8, 4) is 0 Å². The number of nitrogen functional groups attached to an aromatic ring is 6. The number of thioether (sulfide) groups is 2. The maximum absolute atomic E-state index is 16.0. The lowest BCUT2D eigenvalue weighted by Crippen LogP contribution is -2.45. The molecule has 75 heteroatoms. The maximum Gasteiger partial charge on any atom is 0.386 e. The molecule has 10 fully saturated rings. The lowest BCUT2D eigenvalue weighted by molar-refractivity contribution is -0.183. The van der Waals surface area contributed by atoms with Crippen molar-refractivity contribution in [2.24, 2.45) is 0 Å². The first-order valence-electron chi connectivity index (χ1n) is 39.3. The van der Waals surface area contributed by atoms with Crippen LogP contribution in [0, 0.1) is 0 Å². The molecule has 12 aromatic rings. The van der Waals surface area contributed by atoms with Crippen LogP contribution in [0.5, 0.6) is 0 Å². The second-order valence-corrected chi connectivity index (χ2v) is 50.6. The van der Waals surface area contributed by atoms with E-state index in [9.17, 15) is 58.7 Å². The van der Waals surface area contributed by atoms with Gasteiger partial charge in [-0.05, 0) is 59.0 Å². The fourth-order valence-corrected chi connectivity index (χ4v) is 28.5. The molecule has 0 spiro atoms. The molecule has 8 unspecified atom stereocenters. The van der Waals surface area contributed by atoms with Crippen LogP contribution in [0.4, 0.5) is 44.1 Å². The van der Waals surface area contributed by atoms with Gasteiger partial charge in [0, 0.05) is 0 Å². The number of nitrogens with zero attached hydrogens (tertiary/aromatic N) is 21. The number of aromatic nitrogens is 24. The lowest BCUT2D eigenvalue weighted by atomic mass is 10.0. The molecule has 730 valence electrons. The van der Waals surface area contributed by atoms with E-state index in [-0.39, 0.29) is 97.7 Å². The minimum absolute atomic E-state index is 0.0133. The molecular formula is C61H70F2N30O29P6S8. The molecule has 8 bridgehead atoms.